The first-order chi connectivity index (χ1) is 12.6. The van der Waals surface area contributed by atoms with E-state index in [1.165, 1.54) is 0 Å². The summed E-state index contributed by atoms with van der Waals surface area (Å²) in [6.07, 6.45) is 1.64. The van der Waals surface area contributed by atoms with Crippen molar-refractivity contribution < 1.29 is 9.59 Å². The van der Waals surface area contributed by atoms with E-state index in [0.717, 1.165) is 11.3 Å². The van der Waals surface area contributed by atoms with Gasteiger partial charge >= 0.3 is 0 Å². The molecular weight excluding hydrogens is 324 g/mol. The fourth-order valence-electron chi connectivity index (χ4n) is 3.19. The van der Waals surface area contributed by atoms with Crippen LogP contribution in [0.2, 0.25) is 0 Å². The van der Waals surface area contributed by atoms with Crippen molar-refractivity contribution in [1.29, 1.82) is 0 Å². The number of fused-ring (bicyclic) bond motifs is 2. The number of aryl methyl sites for hydroxylation is 1. The molecule has 0 radical (unpaired) electrons. The minimum Gasteiger partial charge on any atom is -0.398 e. The highest BCUT2D eigenvalue weighted by Gasteiger charge is 2.31. The topological polar surface area (TPSA) is 72.5 Å². The Morgan fingerprint density at radius 3 is 2.19 bits per heavy atom. The summed E-state index contributed by atoms with van der Waals surface area (Å²) < 4.78 is 0. The smallest absolute Gasteiger partial charge is 0.196 e. The minimum absolute atomic E-state index is 0.177. The summed E-state index contributed by atoms with van der Waals surface area (Å²) in [5, 5.41) is 0. The second-order valence-electron chi connectivity index (χ2n) is 6.24. The number of hydrogen-bond acceptors (Lipinski definition) is 4. The lowest BCUT2D eigenvalue weighted by Gasteiger charge is -2.19. The fraction of sp³-hybridized carbons (Fsp3) is 0.0455. The predicted octanol–water partition coefficient (Wildman–Crippen LogP) is 4.10. The standard InChI is InChI=1S/C22H16N2O2/c1-13-6-2-5-9-18(13)24-12-14-10-11-17-19(20(14)23)22(26)16-8-4-3-7-15(16)21(17)25/h2-12H,23H2,1H3. The average Bonchev–Trinajstić information content (AvgIpc) is 2.66. The normalized spacial score (nSPS) is 13.0. The van der Waals surface area contributed by atoms with Crippen LogP contribution in [0.3, 0.4) is 0 Å². The van der Waals surface area contributed by atoms with Crippen molar-refractivity contribution in [3.05, 3.63) is 94.0 Å². The number of para-hydroxylation sites is 1. The molecule has 0 aliphatic heterocycles. The van der Waals surface area contributed by atoms with Crippen LogP contribution in [-0.2, 0) is 0 Å². The summed E-state index contributed by atoms with van der Waals surface area (Å²) in [6, 6.07) is 18.0. The van der Waals surface area contributed by atoms with E-state index in [9.17, 15) is 9.59 Å². The molecule has 0 atom stereocenters. The first-order valence-corrected chi connectivity index (χ1v) is 8.28. The highest BCUT2D eigenvalue weighted by atomic mass is 16.1. The van der Waals surface area contributed by atoms with Crippen LogP contribution in [0.5, 0.6) is 0 Å². The zero-order chi connectivity index (χ0) is 18.3. The molecule has 1 aliphatic rings. The minimum atomic E-state index is -0.223. The second-order valence-corrected chi connectivity index (χ2v) is 6.24. The van der Waals surface area contributed by atoms with Crippen LogP contribution in [0.4, 0.5) is 11.4 Å². The molecule has 3 aromatic carbocycles. The molecule has 4 rings (SSSR count). The van der Waals surface area contributed by atoms with Gasteiger partial charge in [0.1, 0.15) is 0 Å². The van der Waals surface area contributed by atoms with Crippen LogP contribution in [0.15, 0.2) is 65.7 Å². The highest BCUT2D eigenvalue weighted by molar-refractivity contribution is 6.30. The lowest BCUT2D eigenvalue weighted by Crippen LogP contribution is -2.22. The first kappa shape index (κ1) is 16.0. The Morgan fingerprint density at radius 1 is 0.808 bits per heavy atom. The molecule has 0 saturated heterocycles. The maximum atomic E-state index is 12.9. The molecule has 4 heteroatoms. The van der Waals surface area contributed by atoms with E-state index in [2.05, 4.69) is 4.99 Å². The van der Waals surface area contributed by atoms with E-state index in [4.69, 9.17) is 5.73 Å². The van der Waals surface area contributed by atoms with Gasteiger partial charge in [0.15, 0.2) is 11.6 Å². The fourth-order valence-corrected chi connectivity index (χ4v) is 3.19. The summed E-state index contributed by atoms with van der Waals surface area (Å²) >= 11 is 0. The molecule has 1 aliphatic carbocycles. The largest absolute Gasteiger partial charge is 0.398 e. The molecule has 0 aromatic heterocycles. The number of anilines is 1. The molecule has 4 nitrogen and oxygen atoms in total. The second kappa shape index (κ2) is 6.08. The van der Waals surface area contributed by atoms with Crippen LogP contribution in [0.25, 0.3) is 0 Å². The molecule has 0 unspecified atom stereocenters. The predicted molar refractivity (Wildman–Crippen MR) is 103 cm³/mol. The molecule has 126 valence electrons. The van der Waals surface area contributed by atoms with Crippen molar-refractivity contribution in [3.63, 3.8) is 0 Å². The summed E-state index contributed by atoms with van der Waals surface area (Å²) in [7, 11) is 0. The van der Waals surface area contributed by atoms with E-state index in [0.29, 0.717) is 22.3 Å². The first-order valence-electron chi connectivity index (χ1n) is 8.28. The Bertz CT molecular complexity index is 1100. The number of hydrogen-bond donors (Lipinski definition) is 1. The van der Waals surface area contributed by atoms with E-state index >= 15 is 0 Å². The van der Waals surface area contributed by atoms with Gasteiger partial charge in [0, 0.05) is 28.5 Å². The Hall–Kier alpha value is -3.53. The number of nitrogens with zero attached hydrogens (tertiary/aromatic N) is 1. The zero-order valence-corrected chi connectivity index (χ0v) is 14.2. The molecule has 0 spiro atoms. The summed E-state index contributed by atoms with van der Waals surface area (Å²) in [4.78, 5) is 30.1. The van der Waals surface area contributed by atoms with Gasteiger partial charge in [-0.3, -0.25) is 14.6 Å². The van der Waals surface area contributed by atoms with Crippen LogP contribution in [0.1, 0.15) is 43.0 Å². The van der Waals surface area contributed by atoms with Crippen molar-refractivity contribution in [3.8, 4) is 0 Å². The van der Waals surface area contributed by atoms with Gasteiger partial charge in [-0.2, -0.15) is 0 Å². The molecule has 26 heavy (non-hydrogen) atoms. The molecule has 0 amide bonds. The van der Waals surface area contributed by atoms with Gasteiger partial charge in [0.25, 0.3) is 0 Å². The third-order valence-corrected chi connectivity index (χ3v) is 4.63. The maximum absolute atomic E-state index is 12.9. The van der Waals surface area contributed by atoms with E-state index in [1.807, 2.05) is 31.2 Å². The molecule has 0 saturated carbocycles. The van der Waals surface area contributed by atoms with E-state index in [1.54, 1.807) is 42.6 Å². The molecule has 0 fully saturated rings. The summed E-state index contributed by atoms with van der Waals surface area (Å²) in [6.45, 7) is 1.97. The average molecular weight is 340 g/mol. The van der Waals surface area contributed by atoms with Gasteiger partial charge in [-0.05, 0) is 24.6 Å². The Morgan fingerprint density at radius 2 is 1.46 bits per heavy atom. The van der Waals surface area contributed by atoms with Crippen molar-refractivity contribution in [1.82, 2.24) is 0 Å². The summed E-state index contributed by atoms with van der Waals surface area (Å²) in [5.41, 5.74) is 10.5. The van der Waals surface area contributed by atoms with Gasteiger partial charge < -0.3 is 5.73 Å². The van der Waals surface area contributed by atoms with Crippen LogP contribution in [0, 0.1) is 6.92 Å². The third kappa shape index (κ3) is 2.43. The Balaban J connectivity index is 1.81. The SMILES string of the molecule is Cc1ccccc1N=Cc1ccc2c(c1N)C(=O)c1ccccc1C2=O. The Labute approximate surface area is 151 Å². The molecule has 3 aromatic rings. The monoisotopic (exact) mass is 340 g/mol. The van der Waals surface area contributed by atoms with Crippen LogP contribution >= 0.6 is 0 Å². The number of nitrogen functional groups attached to an aromatic ring is 1. The van der Waals surface area contributed by atoms with E-state index in [-0.39, 0.29) is 22.8 Å². The van der Waals surface area contributed by atoms with Crippen molar-refractivity contribution in [2.45, 2.75) is 6.92 Å². The van der Waals surface area contributed by atoms with Gasteiger partial charge in [-0.15, -0.1) is 0 Å². The van der Waals surface area contributed by atoms with Crippen LogP contribution in [-0.4, -0.2) is 17.8 Å². The number of carbonyl (C=O) groups excluding carboxylic acids is 2. The van der Waals surface area contributed by atoms with Gasteiger partial charge in [0.2, 0.25) is 0 Å². The van der Waals surface area contributed by atoms with Crippen molar-refractivity contribution >= 4 is 29.2 Å². The number of aliphatic imine (C=N–C) groups is 1. The number of rotatable bonds is 2. The quantitative estimate of drug-likeness (QED) is 0.441. The molecule has 2 N–H and O–H groups in total. The van der Waals surface area contributed by atoms with Crippen LogP contribution < -0.4 is 5.73 Å². The van der Waals surface area contributed by atoms with Crippen molar-refractivity contribution in [2.24, 2.45) is 4.99 Å². The number of ketones is 2. The maximum Gasteiger partial charge on any atom is 0.196 e. The van der Waals surface area contributed by atoms with E-state index < -0.39 is 0 Å². The third-order valence-electron chi connectivity index (χ3n) is 4.63. The zero-order valence-electron chi connectivity index (χ0n) is 14.2. The number of nitrogens with two attached hydrogens (primary N) is 1. The number of benzene rings is 3. The lowest BCUT2D eigenvalue weighted by molar-refractivity contribution is 0.0979. The highest BCUT2D eigenvalue weighted by Crippen LogP contribution is 2.32. The van der Waals surface area contributed by atoms with Gasteiger partial charge in [-0.25, -0.2) is 0 Å². The molecule has 0 heterocycles. The van der Waals surface area contributed by atoms with Gasteiger partial charge in [0.05, 0.1) is 16.9 Å². The number of carbonyl (C=O) groups is 2. The Kier molecular flexibility index (Phi) is 3.73. The lowest BCUT2D eigenvalue weighted by atomic mass is 9.82. The van der Waals surface area contributed by atoms with Gasteiger partial charge in [-0.1, -0.05) is 48.5 Å². The molecular formula is C22H16N2O2. The molecule has 0 bridgehead atoms. The van der Waals surface area contributed by atoms with Crippen molar-refractivity contribution in [2.75, 3.05) is 5.73 Å². The summed E-state index contributed by atoms with van der Waals surface area (Å²) in [5.74, 6) is -0.400.